The number of rotatable bonds is 2. The van der Waals surface area contributed by atoms with Gasteiger partial charge in [-0.05, 0) is 23.1 Å². The maximum Gasteiger partial charge on any atom is 0.419 e. The van der Waals surface area contributed by atoms with Gasteiger partial charge in [0.05, 0.1) is 5.56 Å². The fourth-order valence-corrected chi connectivity index (χ4v) is 3.13. The van der Waals surface area contributed by atoms with Crippen molar-refractivity contribution >= 4 is 12.4 Å². The molecular formula is C16H23ClF4N2. The zero-order chi connectivity index (χ0) is 16.5. The third-order valence-electron chi connectivity index (χ3n) is 3.95. The van der Waals surface area contributed by atoms with E-state index >= 15 is 0 Å². The summed E-state index contributed by atoms with van der Waals surface area (Å²) >= 11 is 0. The largest absolute Gasteiger partial charge is 0.419 e. The fourth-order valence-electron chi connectivity index (χ4n) is 3.13. The zero-order valence-electron chi connectivity index (χ0n) is 13.5. The molecule has 1 N–H and O–H groups in total. The number of nitrogens with zero attached hydrogens (tertiary/aromatic N) is 1. The first-order valence-electron chi connectivity index (χ1n) is 7.42. The summed E-state index contributed by atoms with van der Waals surface area (Å²) in [5.41, 5.74) is -0.812. The van der Waals surface area contributed by atoms with Crippen molar-refractivity contribution in [3.05, 3.63) is 35.1 Å². The Morgan fingerprint density at radius 1 is 1.09 bits per heavy atom. The van der Waals surface area contributed by atoms with E-state index in [1.807, 2.05) is 20.8 Å². The van der Waals surface area contributed by atoms with Gasteiger partial charge < -0.3 is 5.32 Å². The van der Waals surface area contributed by atoms with Crippen LogP contribution in [0, 0.1) is 11.2 Å². The second-order valence-corrected chi connectivity index (χ2v) is 6.79. The molecule has 23 heavy (non-hydrogen) atoms. The van der Waals surface area contributed by atoms with Crippen molar-refractivity contribution in [3.8, 4) is 0 Å². The average molecular weight is 355 g/mol. The standard InChI is InChI=1S/C16H22F4N2.ClH/c1-15(2,3)14(22-8-6-21-7-9-22)11-4-5-12(13(17)10-11)16(18,19)20;/h4-5,10,14,21H,6-9H2,1-3H3;1H/t14-;/m1./s1. The number of hydrogen-bond donors (Lipinski definition) is 1. The summed E-state index contributed by atoms with van der Waals surface area (Å²) in [7, 11) is 0. The normalized spacial score (nSPS) is 18.4. The Hall–Kier alpha value is -0.850. The van der Waals surface area contributed by atoms with Gasteiger partial charge in [0.25, 0.3) is 0 Å². The van der Waals surface area contributed by atoms with Crippen LogP contribution in [0.2, 0.25) is 0 Å². The molecule has 1 aromatic carbocycles. The lowest BCUT2D eigenvalue weighted by molar-refractivity contribution is -0.140. The van der Waals surface area contributed by atoms with Crippen molar-refractivity contribution in [1.29, 1.82) is 0 Å². The van der Waals surface area contributed by atoms with E-state index in [1.54, 1.807) is 0 Å². The summed E-state index contributed by atoms with van der Waals surface area (Å²) in [4.78, 5) is 2.21. The highest BCUT2D eigenvalue weighted by Crippen LogP contribution is 2.40. The van der Waals surface area contributed by atoms with E-state index in [2.05, 4.69) is 10.2 Å². The van der Waals surface area contributed by atoms with E-state index in [0.717, 1.165) is 38.3 Å². The van der Waals surface area contributed by atoms with E-state index in [9.17, 15) is 17.6 Å². The summed E-state index contributed by atoms with van der Waals surface area (Å²) in [5.74, 6) is -1.20. The first-order chi connectivity index (χ1) is 10.1. The maximum absolute atomic E-state index is 13.9. The lowest BCUT2D eigenvalue weighted by Gasteiger charge is -2.42. The van der Waals surface area contributed by atoms with Crippen molar-refractivity contribution in [1.82, 2.24) is 10.2 Å². The Bertz CT molecular complexity index is 520. The lowest BCUT2D eigenvalue weighted by atomic mass is 9.80. The van der Waals surface area contributed by atoms with Crippen LogP contribution in [0.3, 0.4) is 0 Å². The summed E-state index contributed by atoms with van der Waals surface area (Å²) in [6, 6.07) is 3.18. The zero-order valence-corrected chi connectivity index (χ0v) is 14.3. The summed E-state index contributed by atoms with van der Waals surface area (Å²) in [5, 5.41) is 3.25. The molecule has 1 aliphatic rings. The molecule has 1 aliphatic heterocycles. The van der Waals surface area contributed by atoms with Crippen LogP contribution in [0.1, 0.15) is 37.9 Å². The number of nitrogens with one attached hydrogen (secondary N) is 1. The van der Waals surface area contributed by atoms with Gasteiger partial charge in [-0.2, -0.15) is 13.2 Å². The minimum atomic E-state index is -4.66. The van der Waals surface area contributed by atoms with Crippen molar-refractivity contribution < 1.29 is 17.6 Å². The Morgan fingerprint density at radius 2 is 1.65 bits per heavy atom. The van der Waals surface area contributed by atoms with Crippen LogP contribution in [-0.4, -0.2) is 31.1 Å². The van der Waals surface area contributed by atoms with Crippen LogP contribution < -0.4 is 5.32 Å². The Balaban J connectivity index is 0.00000264. The highest BCUT2D eigenvalue weighted by Gasteiger charge is 2.37. The number of alkyl halides is 3. The lowest BCUT2D eigenvalue weighted by Crippen LogP contribution is -2.48. The highest BCUT2D eigenvalue weighted by atomic mass is 35.5. The minimum absolute atomic E-state index is 0. The van der Waals surface area contributed by atoms with Crippen molar-refractivity contribution in [3.63, 3.8) is 0 Å². The molecule has 1 fully saturated rings. The van der Waals surface area contributed by atoms with E-state index in [1.165, 1.54) is 6.07 Å². The average Bonchev–Trinajstić information content (AvgIpc) is 2.37. The van der Waals surface area contributed by atoms with Crippen LogP contribution in [0.4, 0.5) is 17.6 Å². The van der Waals surface area contributed by atoms with Gasteiger partial charge in [0.15, 0.2) is 0 Å². The molecule has 1 heterocycles. The quantitative estimate of drug-likeness (QED) is 0.798. The van der Waals surface area contributed by atoms with Crippen LogP contribution in [-0.2, 0) is 6.18 Å². The molecule has 0 spiro atoms. The maximum atomic E-state index is 13.9. The predicted octanol–water partition coefficient (Wildman–Crippen LogP) is 4.26. The van der Waals surface area contributed by atoms with Gasteiger partial charge in [-0.25, -0.2) is 4.39 Å². The van der Waals surface area contributed by atoms with Gasteiger partial charge >= 0.3 is 6.18 Å². The van der Waals surface area contributed by atoms with Crippen LogP contribution >= 0.6 is 12.4 Å². The first kappa shape index (κ1) is 20.2. The van der Waals surface area contributed by atoms with Gasteiger partial charge in [-0.1, -0.05) is 26.8 Å². The molecule has 0 aromatic heterocycles. The van der Waals surface area contributed by atoms with Crippen LogP contribution in [0.5, 0.6) is 0 Å². The summed E-state index contributed by atoms with van der Waals surface area (Å²) in [6.07, 6.45) is -4.66. The molecule has 1 aromatic rings. The molecule has 0 aliphatic carbocycles. The van der Waals surface area contributed by atoms with Crippen molar-refractivity contribution in [2.24, 2.45) is 5.41 Å². The smallest absolute Gasteiger partial charge is 0.314 e. The van der Waals surface area contributed by atoms with E-state index in [4.69, 9.17) is 0 Å². The molecule has 2 nitrogen and oxygen atoms in total. The molecule has 0 amide bonds. The van der Waals surface area contributed by atoms with Gasteiger partial charge in [0.1, 0.15) is 5.82 Å². The Morgan fingerprint density at radius 3 is 2.09 bits per heavy atom. The third kappa shape index (κ3) is 4.81. The van der Waals surface area contributed by atoms with Crippen molar-refractivity contribution in [2.75, 3.05) is 26.2 Å². The molecule has 0 bridgehead atoms. The second kappa shape index (κ2) is 7.36. The van der Waals surface area contributed by atoms with Crippen molar-refractivity contribution in [2.45, 2.75) is 33.0 Å². The van der Waals surface area contributed by atoms with Gasteiger partial charge in [0.2, 0.25) is 0 Å². The van der Waals surface area contributed by atoms with Crippen LogP contribution in [0.15, 0.2) is 18.2 Å². The molecule has 132 valence electrons. The molecule has 7 heteroatoms. The van der Waals surface area contributed by atoms with Gasteiger partial charge in [-0.3, -0.25) is 4.90 Å². The number of halogens is 5. The number of piperazine rings is 1. The van der Waals surface area contributed by atoms with Gasteiger partial charge in [0, 0.05) is 32.2 Å². The molecule has 2 rings (SSSR count). The Labute approximate surface area is 140 Å². The highest BCUT2D eigenvalue weighted by molar-refractivity contribution is 5.85. The second-order valence-electron chi connectivity index (χ2n) is 6.79. The summed E-state index contributed by atoms with van der Waals surface area (Å²) in [6.45, 7) is 9.32. The topological polar surface area (TPSA) is 15.3 Å². The number of hydrogen-bond acceptors (Lipinski definition) is 2. The van der Waals surface area contributed by atoms with Crippen LogP contribution in [0.25, 0.3) is 0 Å². The molecule has 1 saturated heterocycles. The third-order valence-corrected chi connectivity index (χ3v) is 3.95. The first-order valence-corrected chi connectivity index (χ1v) is 7.42. The molecule has 0 saturated carbocycles. The molecule has 0 radical (unpaired) electrons. The molecule has 0 unspecified atom stereocenters. The van der Waals surface area contributed by atoms with E-state index in [0.29, 0.717) is 5.56 Å². The van der Waals surface area contributed by atoms with E-state index < -0.39 is 17.6 Å². The SMILES string of the molecule is CC(C)(C)[C@@H](c1ccc(C(F)(F)F)c(F)c1)N1CCNCC1.Cl. The number of benzene rings is 1. The molecular weight excluding hydrogens is 332 g/mol. The predicted molar refractivity (Wildman–Crippen MR) is 85.3 cm³/mol. The summed E-state index contributed by atoms with van der Waals surface area (Å²) < 4.78 is 52.0. The Kier molecular flexibility index (Phi) is 6.47. The monoisotopic (exact) mass is 354 g/mol. The fraction of sp³-hybridized carbons (Fsp3) is 0.625. The minimum Gasteiger partial charge on any atom is -0.314 e. The van der Waals surface area contributed by atoms with Gasteiger partial charge in [-0.15, -0.1) is 12.4 Å². The van der Waals surface area contributed by atoms with E-state index in [-0.39, 0.29) is 23.9 Å². The molecule has 1 atom stereocenters.